The average molecular weight is 449 g/mol. The molecule has 1 aromatic heterocycles. The lowest BCUT2D eigenvalue weighted by Crippen LogP contribution is -2.42. The Bertz CT molecular complexity index is 1420. The molecule has 5 rings (SSSR count). The van der Waals surface area contributed by atoms with Crippen LogP contribution in [0.4, 0.5) is 0 Å². The Balaban J connectivity index is 1.35. The molecule has 5 aromatic rings. The van der Waals surface area contributed by atoms with Crippen molar-refractivity contribution in [2.24, 2.45) is 0 Å². The molecule has 168 valence electrons. The van der Waals surface area contributed by atoms with E-state index in [9.17, 15) is 14.7 Å². The zero-order valence-electron chi connectivity index (χ0n) is 18.5. The van der Waals surface area contributed by atoms with Gasteiger partial charge in [-0.25, -0.2) is 4.79 Å². The molecule has 0 unspecified atom stereocenters. The molecule has 2 N–H and O–H groups in total. The van der Waals surface area contributed by atoms with E-state index in [2.05, 4.69) is 46.3 Å². The van der Waals surface area contributed by atoms with E-state index in [0.717, 1.165) is 22.2 Å². The Hall–Kier alpha value is -4.38. The lowest BCUT2D eigenvalue weighted by molar-refractivity contribution is -0.139. The van der Waals surface area contributed by atoms with Gasteiger partial charge in [0, 0.05) is 40.3 Å². The molecule has 0 fully saturated rings. The number of benzene rings is 4. The highest BCUT2D eigenvalue weighted by Gasteiger charge is 2.21. The SMILES string of the molecule is O=C(N[C@H](Cc1ccccc1)C(=O)O)c1ccc(Cn2c3ccccc3c3ccccc32)cc1. The Morgan fingerprint density at radius 1 is 0.706 bits per heavy atom. The molecular formula is C29H24N2O3. The Morgan fingerprint density at radius 2 is 1.26 bits per heavy atom. The van der Waals surface area contributed by atoms with Crippen LogP contribution in [-0.2, 0) is 17.8 Å². The number of nitrogens with one attached hydrogen (secondary N) is 1. The summed E-state index contributed by atoms with van der Waals surface area (Å²) in [6, 6.07) is 32.3. The summed E-state index contributed by atoms with van der Waals surface area (Å²) in [6.07, 6.45) is 0.230. The number of carboxylic acids is 1. The van der Waals surface area contributed by atoms with Crippen LogP contribution in [0.15, 0.2) is 103 Å². The molecular weight excluding hydrogens is 424 g/mol. The van der Waals surface area contributed by atoms with Gasteiger partial charge in [-0.15, -0.1) is 0 Å². The van der Waals surface area contributed by atoms with Crippen LogP contribution >= 0.6 is 0 Å². The van der Waals surface area contributed by atoms with Gasteiger partial charge in [-0.1, -0.05) is 78.9 Å². The second-order valence-electron chi connectivity index (χ2n) is 8.37. The number of carbonyl (C=O) groups excluding carboxylic acids is 1. The van der Waals surface area contributed by atoms with Gasteiger partial charge >= 0.3 is 5.97 Å². The van der Waals surface area contributed by atoms with E-state index in [4.69, 9.17) is 0 Å². The third-order valence-corrected chi connectivity index (χ3v) is 6.12. The van der Waals surface area contributed by atoms with Crippen molar-refractivity contribution in [1.82, 2.24) is 9.88 Å². The summed E-state index contributed by atoms with van der Waals surface area (Å²) in [6.45, 7) is 0.668. The smallest absolute Gasteiger partial charge is 0.326 e. The summed E-state index contributed by atoms with van der Waals surface area (Å²) in [5, 5.41) is 14.7. The van der Waals surface area contributed by atoms with Gasteiger partial charge in [0.25, 0.3) is 5.91 Å². The van der Waals surface area contributed by atoms with Crippen molar-refractivity contribution < 1.29 is 14.7 Å². The van der Waals surface area contributed by atoms with Gasteiger partial charge in [0.15, 0.2) is 0 Å². The molecule has 1 heterocycles. The third kappa shape index (κ3) is 4.28. The van der Waals surface area contributed by atoms with Crippen LogP contribution in [0.25, 0.3) is 21.8 Å². The van der Waals surface area contributed by atoms with Gasteiger partial charge in [-0.2, -0.15) is 0 Å². The molecule has 0 aliphatic heterocycles. The van der Waals surface area contributed by atoms with Crippen LogP contribution in [0.5, 0.6) is 0 Å². The molecule has 0 saturated heterocycles. The lowest BCUT2D eigenvalue weighted by Gasteiger charge is -2.15. The van der Waals surface area contributed by atoms with Crippen LogP contribution in [0.3, 0.4) is 0 Å². The van der Waals surface area contributed by atoms with E-state index in [0.29, 0.717) is 12.1 Å². The number of rotatable bonds is 7. The number of carbonyl (C=O) groups is 2. The molecule has 5 heteroatoms. The number of amides is 1. The summed E-state index contributed by atoms with van der Waals surface area (Å²) in [4.78, 5) is 24.4. The number of hydrogen-bond donors (Lipinski definition) is 2. The van der Waals surface area contributed by atoms with Crippen molar-refractivity contribution >= 4 is 33.7 Å². The van der Waals surface area contributed by atoms with E-state index in [1.54, 1.807) is 12.1 Å². The summed E-state index contributed by atoms with van der Waals surface area (Å²) >= 11 is 0. The highest BCUT2D eigenvalue weighted by atomic mass is 16.4. The molecule has 1 atom stereocenters. The van der Waals surface area contributed by atoms with E-state index >= 15 is 0 Å². The highest BCUT2D eigenvalue weighted by molar-refractivity contribution is 6.08. The summed E-state index contributed by atoms with van der Waals surface area (Å²) in [7, 11) is 0. The van der Waals surface area contributed by atoms with Gasteiger partial charge < -0.3 is 15.0 Å². The summed E-state index contributed by atoms with van der Waals surface area (Å²) < 4.78 is 2.28. The molecule has 5 nitrogen and oxygen atoms in total. The zero-order valence-corrected chi connectivity index (χ0v) is 18.5. The number of carboxylic acid groups (broad SMARTS) is 1. The zero-order chi connectivity index (χ0) is 23.5. The van der Waals surface area contributed by atoms with E-state index in [-0.39, 0.29) is 6.42 Å². The molecule has 1 amide bonds. The monoisotopic (exact) mass is 448 g/mol. The molecule has 0 radical (unpaired) electrons. The fourth-order valence-corrected chi connectivity index (χ4v) is 4.41. The average Bonchev–Trinajstić information content (AvgIpc) is 3.18. The first-order valence-electron chi connectivity index (χ1n) is 11.2. The van der Waals surface area contributed by atoms with E-state index in [1.807, 2.05) is 54.6 Å². The number of para-hydroxylation sites is 2. The largest absolute Gasteiger partial charge is 0.480 e. The standard InChI is InChI=1S/C29H24N2O3/c32-28(30-25(29(33)34)18-20-8-2-1-3-9-20)22-16-14-21(15-17-22)19-31-26-12-6-4-10-23(26)24-11-5-7-13-27(24)31/h1-17,25H,18-19H2,(H,30,32)(H,33,34)/t25-/m1/s1. The van der Waals surface area contributed by atoms with Crippen molar-refractivity contribution in [3.63, 3.8) is 0 Å². The molecule has 34 heavy (non-hydrogen) atoms. The lowest BCUT2D eigenvalue weighted by atomic mass is 10.1. The van der Waals surface area contributed by atoms with Gasteiger partial charge in [0.05, 0.1) is 0 Å². The minimum Gasteiger partial charge on any atom is -0.480 e. The minimum absolute atomic E-state index is 0.230. The van der Waals surface area contributed by atoms with Crippen molar-refractivity contribution in [2.45, 2.75) is 19.0 Å². The Kier molecular flexibility index (Phi) is 5.83. The maximum absolute atomic E-state index is 12.7. The predicted molar refractivity (Wildman–Crippen MR) is 134 cm³/mol. The van der Waals surface area contributed by atoms with Crippen LogP contribution in [-0.4, -0.2) is 27.6 Å². The van der Waals surface area contributed by atoms with Gasteiger partial charge in [-0.05, 0) is 35.4 Å². The normalized spacial score (nSPS) is 12.0. The van der Waals surface area contributed by atoms with Crippen molar-refractivity contribution in [2.75, 3.05) is 0 Å². The molecule has 0 aliphatic carbocycles. The summed E-state index contributed by atoms with van der Waals surface area (Å²) in [5.74, 6) is -1.45. The highest BCUT2D eigenvalue weighted by Crippen LogP contribution is 2.29. The number of aromatic nitrogens is 1. The van der Waals surface area contributed by atoms with Crippen molar-refractivity contribution in [3.05, 3.63) is 120 Å². The molecule has 0 bridgehead atoms. The van der Waals surface area contributed by atoms with E-state index in [1.165, 1.54) is 10.8 Å². The first-order chi connectivity index (χ1) is 16.6. The second-order valence-corrected chi connectivity index (χ2v) is 8.37. The molecule has 4 aromatic carbocycles. The number of fused-ring (bicyclic) bond motifs is 3. The van der Waals surface area contributed by atoms with Crippen LogP contribution in [0, 0.1) is 0 Å². The predicted octanol–water partition coefficient (Wildman–Crippen LogP) is 5.27. The van der Waals surface area contributed by atoms with Gasteiger partial charge in [0.1, 0.15) is 6.04 Å². The Morgan fingerprint density at radius 3 is 1.85 bits per heavy atom. The van der Waals surface area contributed by atoms with Crippen LogP contribution < -0.4 is 5.32 Å². The van der Waals surface area contributed by atoms with Gasteiger partial charge in [0.2, 0.25) is 0 Å². The molecule has 0 spiro atoms. The van der Waals surface area contributed by atoms with Crippen molar-refractivity contribution in [1.29, 1.82) is 0 Å². The van der Waals surface area contributed by atoms with Crippen LogP contribution in [0.1, 0.15) is 21.5 Å². The number of hydrogen-bond acceptors (Lipinski definition) is 2. The third-order valence-electron chi connectivity index (χ3n) is 6.12. The van der Waals surface area contributed by atoms with Crippen molar-refractivity contribution in [3.8, 4) is 0 Å². The fourth-order valence-electron chi connectivity index (χ4n) is 4.41. The fraction of sp³-hybridized carbons (Fsp3) is 0.103. The number of aliphatic carboxylic acids is 1. The topological polar surface area (TPSA) is 71.3 Å². The quantitative estimate of drug-likeness (QED) is 0.356. The maximum Gasteiger partial charge on any atom is 0.326 e. The molecule has 0 aliphatic rings. The molecule has 0 saturated carbocycles. The first-order valence-corrected chi connectivity index (χ1v) is 11.2. The maximum atomic E-state index is 12.7. The second kappa shape index (κ2) is 9.24. The van der Waals surface area contributed by atoms with E-state index < -0.39 is 17.9 Å². The van der Waals surface area contributed by atoms with Crippen LogP contribution in [0.2, 0.25) is 0 Å². The Labute approximate surface area is 197 Å². The first kappa shape index (κ1) is 21.5. The number of nitrogens with zero attached hydrogens (tertiary/aromatic N) is 1. The minimum atomic E-state index is -1.06. The van der Waals surface area contributed by atoms with Gasteiger partial charge in [-0.3, -0.25) is 4.79 Å². The summed E-state index contributed by atoms with van der Waals surface area (Å²) in [5.41, 5.74) is 4.68.